The monoisotopic (exact) mass is 477 g/mol. The Hall–Kier alpha value is -3.10. The van der Waals surface area contributed by atoms with Gasteiger partial charge in [-0.3, -0.25) is 0 Å². The Morgan fingerprint density at radius 2 is 1.31 bits per heavy atom. The molecule has 2 atom stereocenters. The van der Waals surface area contributed by atoms with E-state index in [1.165, 1.54) is 44.8 Å². The van der Waals surface area contributed by atoms with Crippen LogP contribution in [0.4, 0.5) is 5.69 Å². The number of para-hydroxylation sites is 1. The van der Waals surface area contributed by atoms with Gasteiger partial charge in [-0.15, -0.1) is 0 Å². The molecule has 2 aliphatic heterocycles. The molecule has 0 saturated carbocycles. The smallest absolute Gasteiger partial charge is 0.141 e. The van der Waals surface area contributed by atoms with Gasteiger partial charge in [0.1, 0.15) is 5.60 Å². The van der Waals surface area contributed by atoms with Gasteiger partial charge < -0.3 is 9.64 Å². The van der Waals surface area contributed by atoms with Gasteiger partial charge in [-0.1, -0.05) is 79.7 Å². The van der Waals surface area contributed by atoms with Crippen molar-refractivity contribution in [2.75, 3.05) is 11.4 Å². The maximum absolute atomic E-state index is 7.00. The molecule has 0 aliphatic carbocycles. The Kier molecular flexibility index (Phi) is 6.00. The van der Waals surface area contributed by atoms with Crippen LogP contribution in [0.15, 0.2) is 107 Å². The van der Waals surface area contributed by atoms with Crippen LogP contribution in [-0.2, 0) is 16.8 Å². The van der Waals surface area contributed by atoms with E-state index in [0.29, 0.717) is 0 Å². The number of hydrogen-bond acceptors (Lipinski definition) is 2. The van der Waals surface area contributed by atoms with Crippen molar-refractivity contribution in [1.29, 1.82) is 0 Å². The van der Waals surface area contributed by atoms with Crippen molar-refractivity contribution in [2.24, 2.45) is 5.41 Å². The largest absolute Gasteiger partial charge is 0.351 e. The second-order valence-corrected chi connectivity index (χ2v) is 11.5. The van der Waals surface area contributed by atoms with Crippen molar-refractivity contribution in [1.82, 2.24) is 0 Å². The molecular weight excluding hydrogens is 438 g/mol. The molecule has 2 heteroatoms. The number of ether oxygens (including phenoxy) is 1. The fourth-order valence-electron chi connectivity index (χ4n) is 6.30. The highest BCUT2D eigenvalue weighted by molar-refractivity contribution is 5.57. The summed E-state index contributed by atoms with van der Waals surface area (Å²) in [6.07, 6.45) is 0.989. The molecule has 3 aromatic carbocycles. The molecule has 2 unspecified atom stereocenters. The average molecular weight is 478 g/mol. The number of anilines is 1. The molecule has 5 rings (SSSR count). The van der Waals surface area contributed by atoms with E-state index in [-0.39, 0.29) is 11.0 Å². The van der Waals surface area contributed by atoms with Gasteiger partial charge in [-0.2, -0.15) is 0 Å². The molecule has 36 heavy (non-hydrogen) atoms. The van der Waals surface area contributed by atoms with Crippen molar-refractivity contribution < 1.29 is 4.74 Å². The topological polar surface area (TPSA) is 12.5 Å². The summed E-state index contributed by atoms with van der Waals surface area (Å²) < 4.78 is 7.00. The molecule has 2 heterocycles. The summed E-state index contributed by atoms with van der Waals surface area (Å²) in [5.41, 5.74) is 9.66. The number of hydrogen-bond donors (Lipinski definition) is 0. The molecule has 0 amide bonds. The molecule has 0 aromatic heterocycles. The van der Waals surface area contributed by atoms with Crippen LogP contribution >= 0.6 is 0 Å². The molecule has 3 aromatic rings. The van der Waals surface area contributed by atoms with E-state index in [0.717, 1.165) is 13.0 Å². The predicted molar refractivity (Wildman–Crippen MR) is 151 cm³/mol. The minimum atomic E-state index is -0.571. The van der Waals surface area contributed by atoms with Crippen molar-refractivity contribution in [3.63, 3.8) is 0 Å². The first kappa shape index (κ1) is 24.6. The Labute approximate surface area is 217 Å². The van der Waals surface area contributed by atoms with Gasteiger partial charge in [-0.25, -0.2) is 0 Å². The number of nitrogens with zero attached hydrogens (tertiary/aromatic N) is 1. The standard InChI is InChI=1S/C34H39NO/c1-24-25(2)34(36-32(24,5)6,29-16-10-8-11-17-29)30-18-14-15-28(21-30)22-33(7)23-35(27(4)26(33)3)31-19-12-9-13-20-31/h8-21H,22-23H2,1-7H3. The van der Waals surface area contributed by atoms with Gasteiger partial charge in [0.15, 0.2) is 0 Å². The summed E-state index contributed by atoms with van der Waals surface area (Å²) in [6.45, 7) is 16.8. The van der Waals surface area contributed by atoms with Crippen LogP contribution in [0, 0.1) is 5.41 Å². The third kappa shape index (κ3) is 3.83. The van der Waals surface area contributed by atoms with Crippen molar-refractivity contribution in [2.45, 2.75) is 66.1 Å². The Balaban J connectivity index is 1.54. The fourth-order valence-corrected chi connectivity index (χ4v) is 6.30. The Morgan fingerprint density at radius 3 is 1.92 bits per heavy atom. The summed E-state index contributed by atoms with van der Waals surface area (Å²) in [7, 11) is 0. The maximum atomic E-state index is 7.00. The highest BCUT2D eigenvalue weighted by Crippen LogP contribution is 2.52. The van der Waals surface area contributed by atoms with Gasteiger partial charge in [0, 0.05) is 23.3 Å². The van der Waals surface area contributed by atoms with Crippen LogP contribution in [0.3, 0.4) is 0 Å². The van der Waals surface area contributed by atoms with E-state index >= 15 is 0 Å². The predicted octanol–water partition coefficient (Wildman–Crippen LogP) is 8.44. The van der Waals surface area contributed by atoms with Crippen LogP contribution in [0.5, 0.6) is 0 Å². The highest BCUT2D eigenvalue weighted by atomic mass is 16.5. The second kappa shape index (κ2) is 8.78. The summed E-state index contributed by atoms with van der Waals surface area (Å²) in [5, 5.41) is 0. The third-order valence-corrected chi connectivity index (χ3v) is 8.94. The molecule has 0 saturated heterocycles. The van der Waals surface area contributed by atoms with Crippen LogP contribution in [0.1, 0.15) is 65.2 Å². The molecule has 0 radical (unpaired) electrons. The van der Waals surface area contributed by atoms with Crippen molar-refractivity contribution in [3.05, 3.63) is 124 Å². The normalized spacial score (nSPS) is 25.7. The lowest BCUT2D eigenvalue weighted by Crippen LogP contribution is -2.34. The first-order valence-electron chi connectivity index (χ1n) is 13.1. The lowest BCUT2D eigenvalue weighted by Gasteiger charge is -2.36. The number of rotatable bonds is 5. The quantitative estimate of drug-likeness (QED) is 0.342. The molecular formula is C34H39NO. The van der Waals surface area contributed by atoms with Crippen LogP contribution in [0.25, 0.3) is 0 Å². The van der Waals surface area contributed by atoms with Gasteiger partial charge in [-0.05, 0) is 93.5 Å². The first-order chi connectivity index (χ1) is 17.1. The Morgan fingerprint density at radius 1 is 0.694 bits per heavy atom. The SMILES string of the molecule is CC1=C(C)C(C)(Cc2cccc(C3(c4ccccc4)OC(C)(C)C(C)=C3C)c2)CN1c1ccccc1. The summed E-state index contributed by atoms with van der Waals surface area (Å²) in [5.74, 6) is 0. The number of benzene rings is 3. The second-order valence-electron chi connectivity index (χ2n) is 11.5. The van der Waals surface area contributed by atoms with Crippen molar-refractivity contribution >= 4 is 5.69 Å². The van der Waals surface area contributed by atoms with Crippen LogP contribution < -0.4 is 4.90 Å². The molecule has 0 fully saturated rings. The van der Waals surface area contributed by atoms with E-state index in [1.807, 2.05) is 0 Å². The van der Waals surface area contributed by atoms with E-state index in [4.69, 9.17) is 4.74 Å². The minimum absolute atomic E-state index is 0.0645. The molecule has 2 aliphatic rings. The molecule has 186 valence electrons. The zero-order chi connectivity index (χ0) is 25.7. The number of allylic oxidation sites excluding steroid dienone is 1. The van der Waals surface area contributed by atoms with Gasteiger partial charge in [0.2, 0.25) is 0 Å². The molecule has 2 nitrogen and oxygen atoms in total. The summed E-state index contributed by atoms with van der Waals surface area (Å²) in [4.78, 5) is 2.48. The van der Waals surface area contributed by atoms with E-state index in [2.05, 4.69) is 138 Å². The van der Waals surface area contributed by atoms with Crippen molar-refractivity contribution in [3.8, 4) is 0 Å². The Bertz CT molecular complexity index is 1330. The molecule has 0 bridgehead atoms. The molecule has 0 spiro atoms. The van der Waals surface area contributed by atoms with Gasteiger partial charge in [0.25, 0.3) is 0 Å². The summed E-state index contributed by atoms with van der Waals surface area (Å²) >= 11 is 0. The lowest BCUT2D eigenvalue weighted by atomic mass is 9.76. The minimum Gasteiger partial charge on any atom is -0.351 e. The van der Waals surface area contributed by atoms with E-state index < -0.39 is 5.60 Å². The molecule has 0 N–H and O–H groups in total. The van der Waals surface area contributed by atoms with Crippen LogP contribution in [0.2, 0.25) is 0 Å². The summed E-state index contributed by atoms with van der Waals surface area (Å²) in [6, 6.07) is 30.6. The zero-order valence-electron chi connectivity index (χ0n) is 22.9. The lowest BCUT2D eigenvalue weighted by molar-refractivity contribution is -0.0581. The van der Waals surface area contributed by atoms with E-state index in [1.54, 1.807) is 0 Å². The van der Waals surface area contributed by atoms with Crippen LogP contribution in [-0.4, -0.2) is 12.1 Å². The first-order valence-corrected chi connectivity index (χ1v) is 13.1. The van der Waals surface area contributed by atoms with E-state index in [9.17, 15) is 0 Å². The third-order valence-electron chi connectivity index (χ3n) is 8.94. The highest BCUT2D eigenvalue weighted by Gasteiger charge is 2.50. The van der Waals surface area contributed by atoms with Gasteiger partial charge in [0.05, 0.1) is 5.60 Å². The average Bonchev–Trinajstić information content (AvgIpc) is 3.22. The van der Waals surface area contributed by atoms with Gasteiger partial charge >= 0.3 is 0 Å². The zero-order valence-corrected chi connectivity index (χ0v) is 22.9. The maximum Gasteiger partial charge on any atom is 0.141 e. The fraction of sp³-hybridized carbons (Fsp3) is 0.353.